The van der Waals surface area contributed by atoms with Crippen LogP contribution in [0.3, 0.4) is 0 Å². The van der Waals surface area contributed by atoms with Crippen molar-refractivity contribution in [1.29, 1.82) is 0 Å². The van der Waals surface area contributed by atoms with Gasteiger partial charge in [0.05, 0.1) is 12.2 Å². The predicted molar refractivity (Wildman–Crippen MR) is 73.5 cm³/mol. The minimum absolute atomic E-state index is 0.456. The van der Waals surface area contributed by atoms with Gasteiger partial charge in [-0.2, -0.15) is 5.10 Å². The van der Waals surface area contributed by atoms with Crippen LogP contribution in [0.1, 0.15) is 44.8 Å². The summed E-state index contributed by atoms with van der Waals surface area (Å²) in [5.74, 6) is 0.962. The van der Waals surface area contributed by atoms with Crippen molar-refractivity contribution in [2.75, 3.05) is 0 Å². The number of hydrogen-bond acceptors (Lipinski definition) is 4. The van der Waals surface area contributed by atoms with Crippen LogP contribution in [0.4, 0.5) is 0 Å². The third-order valence-electron chi connectivity index (χ3n) is 3.33. The second-order valence-electron chi connectivity index (χ2n) is 4.68. The first-order valence-electron chi connectivity index (χ1n) is 6.86. The monoisotopic (exact) mass is 262 g/mol. The molecular formula is C13H22N6. The fourth-order valence-corrected chi connectivity index (χ4v) is 1.89. The Bertz CT molecular complexity index is 501. The molecule has 2 rings (SSSR count). The van der Waals surface area contributed by atoms with E-state index in [0.29, 0.717) is 12.6 Å². The van der Waals surface area contributed by atoms with E-state index < -0.39 is 0 Å². The van der Waals surface area contributed by atoms with Crippen molar-refractivity contribution >= 4 is 0 Å². The molecule has 0 fully saturated rings. The van der Waals surface area contributed by atoms with Gasteiger partial charge in [-0.1, -0.05) is 6.92 Å². The van der Waals surface area contributed by atoms with Gasteiger partial charge in [0.25, 0.3) is 0 Å². The molecule has 0 aliphatic rings. The maximum absolute atomic E-state index is 4.55. The Morgan fingerprint density at radius 3 is 2.89 bits per heavy atom. The van der Waals surface area contributed by atoms with Gasteiger partial charge < -0.3 is 9.88 Å². The highest BCUT2D eigenvalue weighted by Gasteiger charge is 2.05. The summed E-state index contributed by atoms with van der Waals surface area (Å²) < 4.78 is 4.05. The first-order chi connectivity index (χ1) is 9.24. The first-order valence-corrected chi connectivity index (χ1v) is 6.86. The third-order valence-corrected chi connectivity index (χ3v) is 3.33. The lowest BCUT2D eigenvalue weighted by molar-refractivity contribution is 0.470. The van der Waals surface area contributed by atoms with Crippen LogP contribution in [0, 0.1) is 0 Å². The molecule has 6 heteroatoms. The Morgan fingerprint density at radius 2 is 2.16 bits per heavy atom. The number of rotatable bonds is 7. The molecule has 0 saturated carbocycles. The van der Waals surface area contributed by atoms with Crippen LogP contribution in [-0.4, -0.2) is 24.5 Å². The third kappa shape index (κ3) is 3.41. The van der Waals surface area contributed by atoms with Gasteiger partial charge in [-0.05, 0) is 26.3 Å². The minimum atomic E-state index is 0.456. The second-order valence-corrected chi connectivity index (χ2v) is 4.68. The highest BCUT2D eigenvalue weighted by molar-refractivity contribution is 4.99. The zero-order chi connectivity index (χ0) is 13.7. The average Bonchev–Trinajstić information content (AvgIpc) is 3.06. The maximum Gasteiger partial charge on any atom is 0.146 e. The molecule has 6 nitrogen and oxygen atoms in total. The largest absolute Gasteiger partial charge is 0.317 e. The topological polar surface area (TPSA) is 60.6 Å². The Kier molecular flexibility index (Phi) is 4.68. The molecule has 0 radical (unpaired) electrons. The summed E-state index contributed by atoms with van der Waals surface area (Å²) in [6, 6.07) is 2.51. The van der Waals surface area contributed by atoms with Gasteiger partial charge in [0.15, 0.2) is 0 Å². The molecule has 0 amide bonds. The van der Waals surface area contributed by atoms with Crippen LogP contribution in [0.25, 0.3) is 0 Å². The van der Waals surface area contributed by atoms with E-state index in [0.717, 1.165) is 31.0 Å². The highest BCUT2D eigenvalue weighted by Crippen LogP contribution is 2.09. The maximum atomic E-state index is 4.55. The SMILES string of the molecule is CCC(C)n1ccc(CNCc2nncn2CC)n1. The molecule has 1 N–H and O–H groups in total. The molecule has 0 saturated heterocycles. The quantitative estimate of drug-likeness (QED) is 0.826. The van der Waals surface area contributed by atoms with E-state index in [1.54, 1.807) is 6.33 Å². The van der Waals surface area contributed by atoms with E-state index in [-0.39, 0.29) is 0 Å². The predicted octanol–water partition coefficient (Wildman–Crippen LogP) is 1.76. The lowest BCUT2D eigenvalue weighted by Gasteiger charge is -2.08. The van der Waals surface area contributed by atoms with Crippen molar-refractivity contribution < 1.29 is 0 Å². The molecule has 2 heterocycles. The molecule has 2 aromatic rings. The van der Waals surface area contributed by atoms with Crippen molar-refractivity contribution in [3.63, 3.8) is 0 Å². The van der Waals surface area contributed by atoms with Gasteiger partial charge in [0.1, 0.15) is 12.2 Å². The van der Waals surface area contributed by atoms with E-state index in [9.17, 15) is 0 Å². The molecule has 0 spiro atoms. The normalized spacial score (nSPS) is 12.8. The summed E-state index contributed by atoms with van der Waals surface area (Å²) in [5.41, 5.74) is 1.06. The Morgan fingerprint density at radius 1 is 1.32 bits per heavy atom. The van der Waals surface area contributed by atoms with Crippen LogP contribution < -0.4 is 5.32 Å². The van der Waals surface area contributed by atoms with Gasteiger partial charge in [-0.25, -0.2) is 0 Å². The van der Waals surface area contributed by atoms with Gasteiger partial charge in [-0.15, -0.1) is 10.2 Å². The van der Waals surface area contributed by atoms with E-state index in [1.165, 1.54) is 0 Å². The van der Waals surface area contributed by atoms with Gasteiger partial charge in [0, 0.05) is 25.3 Å². The van der Waals surface area contributed by atoms with E-state index in [1.807, 2.05) is 15.4 Å². The summed E-state index contributed by atoms with van der Waals surface area (Å²) in [6.07, 6.45) is 4.89. The summed E-state index contributed by atoms with van der Waals surface area (Å²) in [7, 11) is 0. The zero-order valence-corrected chi connectivity index (χ0v) is 11.9. The Balaban J connectivity index is 1.84. The highest BCUT2D eigenvalue weighted by atomic mass is 15.3. The van der Waals surface area contributed by atoms with Crippen LogP contribution in [0.5, 0.6) is 0 Å². The molecule has 0 aliphatic carbocycles. The Labute approximate surface area is 113 Å². The van der Waals surface area contributed by atoms with Gasteiger partial charge in [0.2, 0.25) is 0 Å². The van der Waals surface area contributed by atoms with Crippen LogP contribution >= 0.6 is 0 Å². The van der Waals surface area contributed by atoms with Gasteiger partial charge >= 0.3 is 0 Å². The number of aromatic nitrogens is 5. The van der Waals surface area contributed by atoms with Crippen LogP contribution in [-0.2, 0) is 19.6 Å². The van der Waals surface area contributed by atoms with Crippen molar-refractivity contribution in [3.05, 3.63) is 30.1 Å². The summed E-state index contributed by atoms with van der Waals surface area (Å²) in [5, 5.41) is 15.9. The lowest BCUT2D eigenvalue weighted by Crippen LogP contribution is -2.17. The summed E-state index contributed by atoms with van der Waals surface area (Å²) in [6.45, 7) is 8.78. The summed E-state index contributed by atoms with van der Waals surface area (Å²) in [4.78, 5) is 0. The van der Waals surface area contributed by atoms with E-state index in [4.69, 9.17) is 0 Å². The fraction of sp³-hybridized carbons (Fsp3) is 0.615. The van der Waals surface area contributed by atoms with Gasteiger partial charge in [-0.3, -0.25) is 4.68 Å². The Hall–Kier alpha value is -1.69. The molecule has 19 heavy (non-hydrogen) atoms. The van der Waals surface area contributed by atoms with Crippen LogP contribution in [0.15, 0.2) is 18.6 Å². The van der Waals surface area contributed by atoms with Crippen molar-refractivity contribution in [1.82, 2.24) is 29.9 Å². The number of nitrogens with zero attached hydrogens (tertiary/aromatic N) is 5. The average molecular weight is 262 g/mol. The molecule has 2 aromatic heterocycles. The molecule has 0 aliphatic heterocycles. The van der Waals surface area contributed by atoms with E-state index in [2.05, 4.69) is 47.5 Å². The molecule has 0 bridgehead atoms. The molecule has 104 valence electrons. The summed E-state index contributed by atoms with van der Waals surface area (Å²) >= 11 is 0. The first kappa shape index (κ1) is 13.7. The molecule has 0 aromatic carbocycles. The molecule has 1 unspecified atom stereocenters. The van der Waals surface area contributed by atoms with E-state index >= 15 is 0 Å². The molecule has 1 atom stereocenters. The fourth-order valence-electron chi connectivity index (χ4n) is 1.89. The van der Waals surface area contributed by atoms with Crippen molar-refractivity contribution in [2.45, 2.75) is 52.9 Å². The standard InChI is InChI=1S/C13H22N6/c1-4-11(3)19-7-6-12(17-19)8-14-9-13-16-15-10-18(13)5-2/h6-7,10-11,14H,4-5,8-9H2,1-3H3. The minimum Gasteiger partial charge on any atom is -0.317 e. The van der Waals surface area contributed by atoms with Crippen LogP contribution in [0.2, 0.25) is 0 Å². The molecular weight excluding hydrogens is 240 g/mol. The number of hydrogen-bond donors (Lipinski definition) is 1. The van der Waals surface area contributed by atoms with Crippen molar-refractivity contribution in [3.8, 4) is 0 Å². The van der Waals surface area contributed by atoms with Crippen molar-refractivity contribution in [2.24, 2.45) is 0 Å². The lowest BCUT2D eigenvalue weighted by atomic mass is 10.3. The smallest absolute Gasteiger partial charge is 0.146 e. The number of aryl methyl sites for hydroxylation is 1. The second kappa shape index (κ2) is 6.47. The zero-order valence-electron chi connectivity index (χ0n) is 11.9. The number of nitrogens with one attached hydrogen (secondary N) is 1.